The Morgan fingerprint density at radius 3 is 2.17 bits per heavy atom. The summed E-state index contributed by atoms with van der Waals surface area (Å²) in [6.07, 6.45) is 0.308. The van der Waals surface area contributed by atoms with Crippen LogP contribution in [0, 0.1) is 5.41 Å². The molecule has 100 valence electrons. The van der Waals surface area contributed by atoms with E-state index in [1.54, 1.807) is 20.8 Å². The molecule has 0 atom stereocenters. The van der Waals surface area contributed by atoms with Crippen LogP contribution in [-0.4, -0.2) is 25.2 Å². The lowest BCUT2D eigenvalue weighted by atomic mass is 9.86. The first-order valence-electron chi connectivity index (χ1n) is 5.91. The fourth-order valence-electron chi connectivity index (χ4n) is 1.57. The summed E-state index contributed by atoms with van der Waals surface area (Å²) in [5.41, 5.74) is -1.27. The van der Waals surface area contributed by atoms with Gasteiger partial charge in [0.2, 0.25) is 0 Å². The van der Waals surface area contributed by atoms with Gasteiger partial charge in [0.25, 0.3) is 0 Å². The van der Waals surface area contributed by atoms with Crippen molar-refractivity contribution < 1.29 is 19.1 Å². The Bertz CT molecular complexity index is 379. The summed E-state index contributed by atoms with van der Waals surface area (Å²) < 4.78 is 9.98. The van der Waals surface area contributed by atoms with Crippen molar-refractivity contribution in [3.63, 3.8) is 0 Å². The SMILES string of the molecule is CCOC(=O)C(C)(Cc1cccs1)C(=O)OCC. The zero-order valence-electron chi connectivity index (χ0n) is 10.9. The van der Waals surface area contributed by atoms with Gasteiger partial charge in [0.1, 0.15) is 0 Å². The topological polar surface area (TPSA) is 52.6 Å². The molecular weight excluding hydrogens is 252 g/mol. The van der Waals surface area contributed by atoms with Gasteiger partial charge in [-0.15, -0.1) is 11.3 Å². The van der Waals surface area contributed by atoms with E-state index in [0.717, 1.165) is 4.88 Å². The van der Waals surface area contributed by atoms with E-state index in [0.29, 0.717) is 6.42 Å². The molecule has 0 amide bonds. The number of hydrogen-bond donors (Lipinski definition) is 0. The molecular formula is C13H18O4S. The predicted molar refractivity (Wildman–Crippen MR) is 69.4 cm³/mol. The molecule has 0 N–H and O–H groups in total. The molecule has 0 saturated heterocycles. The van der Waals surface area contributed by atoms with E-state index < -0.39 is 17.4 Å². The molecule has 0 aliphatic rings. The van der Waals surface area contributed by atoms with Crippen molar-refractivity contribution in [3.8, 4) is 0 Å². The van der Waals surface area contributed by atoms with E-state index in [2.05, 4.69) is 0 Å². The molecule has 0 saturated carbocycles. The lowest BCUT2D eigenvalue weighted by Gasteiger charge is -2.24. The van der Waals surface area contributed by atoms with E-state index in [4.69, 9.17) is 9.47 Å². The van der Waals surface area contributed by atoms with Gasteiger partial charge in [-0.2, -0.15) is 0 Å². The third kappa shape index (κ3) is 3.32. The van der Waals surface area contributed by atoms with Crippen molar-refractivity contribution in [2.75, 3.05) is 13.2 Å². The third-order valence-electron chi connectivity index (χ3n) is 2.56. The Hall–Kier alpha value is -1.36. The largest absolute Gasteiger partial charge is 0.465 e. The summed E-state index contributed by atoms with van der Waals surface area (Å²) in [6.45, 7) is 5.50. The van der Waals surface area contributed by atoms with E-state index in [1.807, 2.05) is 17.5 Å². The molecule has 0 aromatic carbocycles. The van der Waals surface area contributed by atoms with Crippen LogP contribution < -0.4 is 0 Å². The summed E-state index contributed by atoms with van der Waals surface area (Å²) in [7, 11) is 0. The first-order valence-corrected chi connectivity index (χ1v) is 6.79. The quantitative estimate of drug-likeness (QED) is 0.588. The Balaban J connectivity index is 2.92. The van der Waals surface area contributed by atoms with Crippen molar-refractivity contribution >= 4 is 23.3 Å². The second-order valence-electron chi connectivity index (χ2n) is 4.03. The van der Waals surface area contributed by atoms with Gasteiger partial charge in [-0.05, 0) is 32.2 Å². The molecule has 1 aromatic rings. The van der Waals surface area contributed by atoms with Crippen LogP contribution in [0.15, 0.2) is 17.5 Å². The summed E-state index contributed by atoms with van der Waals surface area (Å²) in [5, 5.41) is 1.91. The number of carbonyl (C=O) groups excluding carboxylic acids is 2. The fourth-order valence-corrected chi connectivity index (χ4v) is 2.43. The first-order chi connectivity index (χ1) is 8.54. The minimum absolute atomic E-state index is 0.248. The lowest BCUT2D eigenvalue weighted by molar-refractivity contribution is -0.170. The molecule has 1 heterocycles. The van der Waals surface area contributed by atoms with Crippen molar-refractivity contribution in [1.29, 1.82) is 0 Å². The molecule has 18 heavy (non-hydrogen) atoms. The minimum Gasteiger partial charge on any atom is -0.465 e. The maximum absolute atomic E-state index is 12.0. The summed E-state index contributed by atoms with van der Waals surface area (Å²) in [6, 6.07) is 3.78. The third-order valence-corrected chi connectivity index (χ3v) is 3.44. The average Bonchev–Trinajstić information content (AvgIpc) is 2.82. The van der Waals surface area contributed by atoms with Crippen LogP contribution in [0.2, 0.25) is 0 Å². The highest BCUT2D eigenvalue weighted by molar-refractivity contribution is 7.09. The maximum Gasteiger partial charge on any atom is 0.323 e. The predicted octanol–water partition coefficient (Wildman–Crippen LogP) is 2.42. The highest BCUT2D eigenvalue weighted by Crippen LogP contribution is 2.28. The van der Waals surface area contributed by atoms with Gasteiger partial charge < -0.3 is 9.47 Å². The van der Waals surface area contributed by atoms with Gasteiger partial charge in [0.15, 0.2) is 5.41 Å². The van der Waals surface area contributed by atoms with Crippen molar-refractivity contribution in [1.82, 2.24) is 0 Å². The van der Waals surface area contributed by atoms with Gasteiger partial charge in [-0.3, -0.25) is 9.59 Å². The van der Waals surface area contributed by atoms with E-state index in [-0.39, 0.29) is 13.2 Å². The average molecular weight is 270 g/mol. The lowest BCUT2D eigenvalue weighted by Crippen LogP contribution is -2.41. The van der Waals surface area contributed by atoms with Crippen LogP contribution in [0.25, 0.3) is 0 Å². The number of hydrogen-bond acceptors (Lipinski definition) is 5. The Morgan fingerprint density at radius 2 is 1.78 bits per heavy atom. The highest BCUT2D eigenvalue weighted by atomic mass is 32.1. The summed E-state index contributed by atoms with van der Waals surface area (Å²) in [5.74, 6) is -1.06. The van der Waals surface area contributed by atoms with Gasteiger partial charge in [0, 0.05) is 11.3 Å². The Labute approximate surface area is 111 Å². The van der Waals surface area contributed by atoms with Crippen LogP contribution in [0.4, 0.5) is 0 Å². The van der Waals surface area contributed by atoms with Gasteiger partial charge in [0.05, 0.1) is 13.2 Å². The van der Waals surface area contributed by atoms with Crippen molar-refractivity contribution in [3.05, 3.63) is 22.4 Å². The standard InChI is InChI=1S/C13H18O4S/c1-4-16-11(14)13(3,12(15)17-5-2)9-10-7-6-8-18-10/h6-8H,4-5,9H2,1-3H3. The number of rotatable bonds is 6. The van der Waals surface area contributed by atoms with Crippen LogP contribution in [-0.2, 0) is 25.5 Å². The molecule has 0 radical (unpaired) electrons. The van der Waals surface area contributed by atoms with Gasteiger partial charge in [-0.25, -0.2) is 0 Å². The number of carbonyl (C=O) groups is 2. The first kappa shape index (κ1) is 14.7. The van der Waals surface area contributed by atoms with E-state index in [1.165, 1.54) is 11.3 Å². The highest BCUT2D eigenvalue weighted by Gasteiger charge is 2.44. The zero-order valence-corrected chi connectivity index (χ0v) is 11.7. The molecule has 5 heteroatoms. The summed E-state index contributed by atoms with van der Waals surface area (Å²) in [4.78, 5) is 24.9. The maximum atomic E-state index is 12.0. The van der Waals surface area contributed by atoms with Crippen LogP contribution in [0.5, 0.6) is 0 Å². The normalized spacial score (nSPS) is 11.1. The van der Waals surface area contributed by atoms with Crippen molar-refractivity contribution in [2.45, 2.75) is 27.2 Å². The van der Waals surface area contributed by atoms with Gasteiger partial charge >= 0.3 is 11.9 Å². The van der Waals surface area contributed by atoms with E-state index in [9.17, 15) is 9.59 Å². The Morgan fingerprint density at radius 1 is 1.22 bits per heavy atom. The second-order valence-corrected chi connectivity index (χ2v) is 5.06. The molecule has 0 spiro atoms. The molecule has 0 aliphatic heterocycles. The number of esters is 2. The number of thiophene rings is 1. The smallest absolute Gasteiger partial charge is 0.323 e. The molecule has 4 nitrogen and oxygen atoms in total. The molecule has 0 unspecified atom stereocenters. The molecule has 0 fully saturated rings. The second kappa shape index (κ2) is 6.54. The molecule has 0 aliphatic carbocycles. The van der Waals surface area contributed by atoms with E-state index >= 15 is 0 Å². The molecule has 1 rings (SSSR count). The zero-order chi connectivity index (χ0) is 13.6. The summed E-state index contributed by atoms with van der Waals surface area (Å²) >= 11 is 1.51. The fraction of sp³-hybridized carbons (Fsp3) is 0.538. The molecule has 1 aromatic heterocycles. The van der Waals surface area contributed by atoms with Gasteiger partial charge in [-0.1, -0.05) is 6.07 Å². The number of ether oxygens (including phenoxy) is 2. The molecule has 0 bridgehead atoms. The minimum atomic E-state index is -1.27. The van der Waals surface area contributed by atoms with Crippen LogP contribution >= 0.6 is 11.3 Å². The monoisotopic (exact) mass is 270 g/mol. The Kier molecular flexibility index (Phi) is 5.34. The van der Waals surface area contributed by atoms with Crippen LogP contribution in [0.1, 0.15) is 25.6 Å². The van der Waals surface area contributed by atoms with Crippen molar-refractivity contribution in [2.24, 2.45) is 5.41 Å². The van der Waals surface area contributed by atoms with Crippen LogP contribution in [0.3, 0.4) is 0 Å².